The van der Waals surface area contributed by atoms with Crippen LogP contribution in [0.4, 0.5) is 16.2 Å². The SMILES string of the molecule is O=C(Nc1ccc(N2CCC(CCn3cncn3)C2)cc1)N1CCC(C=C2C=CC=CN2)CC1. The highest BCUT2D eigenvalue weighted by atomic mass is 16.2. The zero-order chi connectivity index (χ0) is 23.2. The Morgan fingerprint density at radius 2 is 1.97 bits per heavy atom. The number of carbonyl (C=O) groups excluding carboxylic acids is 1. The number of hydrogen-bond donors (Lipinski definition) is 2. The van der Waals surface area contributed by atoms with Crippen LogP contribution in [0, 0.1) is 11.8 Å². The van der Waals surface area contributed by atoms with Gasteiger partial charge in [0.1, 0.15) is 12.7 Å². The van der Waals surface area contributed by atoms with E-state index < -0.39 is 0 Å². The molecule has 0 saturated carbocycles. The predicted octanol–water partition coefficient (Wildman–Crippen LogP) is 4.00. The Kier molecular flexibility index (Phi) is 6.93. The molecule has 1 aromatic carbocycles. The summed E-state index contributed by atoms with van der Waals surface area (Å²) >= 11 is 0. The van der Waals surface area contributed by atoms with Gasteiger partial charge >= 0.3 is 6.03 Å². The lowest BCUT2D eigenvalue weighted by Gasteiger charge is -2.31. The summed E-state index contributed by atoms with van der Waals surface area (Å²) in [6, 6.07) is 8.26. The number of aryl methyl sites for hydroxylation is 1. The summed E-state index contributed by atoms with van der Waals surface area (Å²) in [4.78, 5) is 21.1. The lowest BCUT2D eigenvalue weighted by Crippen LogP contribution is -2.40. The number of aromatic nitrogens is 3. The zero-order valence-corrected chi connectivity index (χ0v) is 19.5. The second-order valence-electron chi connectivity index (χ2n) is 9.33. The van der Waals surface area contributed by atoms with Crippen molar-refractivity contribution in [2.75, 3.05) is 36.4 Å². The van der Waals surface area contributed by atoms with Gasteiger partial charge in [0.2, 0.25) is 0 Å². The van der Waals surface area contributed by atoms with Crippen molar-refractivity contribution in [2.24, 2.45) is 11.8 Å². The number of dihydropyridines is 1. The minimum Gasteiger partial charge on any atom is -0.371 e. The molecule has 1 atom stereocenters. The second kappa shape index (κ2) is 10.6. The number of allylic oxidation sites excluding steroid dienone is 4. The van der Waals surface area contributed by atoms with Gasteiger partial charge in [-0.05, 0) is 73.9 Å². The van der Waals surface area contributed by atoms with Crippen molar-refractivity contribution < 1.29 is 4.79 Å². The number of benzene rings is 1. The fraction of sp³-hybridized carbons (Fsp3) is 0.423. The van der Waals surface area contributed by atoms with E-state index in [0.717, 1.165) is 63.4 Å². The maximum absolute atomic E-state index is 12.8. The average Bonchev–Trinajstić information content (AvgIpc) is 3.57. The van der Waals surface area contributed by atoms with Crippen LogP contribution in [0.5, 0.6) is 0 Å². The van der Waals surface area contributed by atoms with E-state index in [4.69, 9.17) is 0 Å². The highest BCUT2D eigenvalue weighted by molar-refractivity contribution is 5.89. The molecule has 0 spiro atoms. The van der Waals surface area contributed by atoms with Gasteiger partial charge in [-0.1, -0.05) is 12.2 Å². The molecule has 5 rings (SSSR count). The molecule has 0 aliphatic carbocycles. The average molecular weight is 460 g/mol. The summed E-state index contributed by atoms with van der Waals surface area (Å²) in [5.41, 5.74) is 3.21. The Labute approximate surface area is 201 Å². The first-order chi connectivity index (χ1) is 16.7. The topological polar surface area (TPSA) is 78.3 Å². The number of nitrogens with zero attached hydrogens (tertiary/aromatic N) is 5. The first kappa shape index (κ1) is 22.3. The molecular weight excluding hydrogens is 426 g/mol. The minimum absolute atomic E-state index is 0.00757. The molecule has 2 saturated heterocycles. The number of amides is 2. The van der Waals surface area contributed by atoms with E-state index >= 15 is 0 Å². The standard InChI is InChI=1S/C26H33N7O/c34-26(31-13-8-21(9-14-31)17-24-3-1-2-12-28-24)30-23-4-6-25(7-5-23)32-15-10-22(18-32)11-16-33-20-27-19-29-33/h1-7,12,17,19-22,28H,8-11,13-16,18H2,(H,30,34). The van der Waals surface area contributed by atoms with E-state index in [2.05, 4.69) is 49.9 Å². The predicted molar refractivity (Wildman–Crippen MR) is 134 cm³/mol. The lowest BCUT2D eigenvalue weighted by atomic mass is 9.95. The number of nitrogens with one attached hydrogen (secondary N) is 2. The first-order valence-corrected chi connectivity index (χ1v) is 12.3. The van der Waals surface area contributed by atoms with Gasteiger partial charge in [-0.15, -0.1) is 0 Å². The number of anilines is 2. The molecule has 1 aromatic heterocycles. The summed E-state index contributed by atoms with van der Waals surface area (Å²) in [5.74, 6) is 1.17. The molecule has 3 aliphatic heterocycles. The summed E-state index contributed by atoms with van der Waals surface area (Å²) in [7, 11) is 0. The summed E-state index contributed by atoms with van der Waals surface area (Å²) in [5, 5.41) is 10.5. The Hall–Kier alpha value is -3.55. The van der Waals surface area contributed by atoms with Crippen LogP contribution in [0.25, 0.3) is 0 Å². The minimum atomic E-state index is -0.00757. The highest BCUT2D eigenvalue weighted by Gasteiger charge is 2.24. The maximum atomic E-state index is 12.8. The van der Waals surface area contributed by atoms with Gasteiger partial charge in [-0.25, -0.2) is 9.78 Å². The largest absolute Gasteiger partial charge is 0.371 e. The summed E-state index contributed by atoms with van der Waals surface area (Å²) in [6.45, 7) is 4.61. The number of hydrogen-bond acceptors (Lipinski definition) is 5. The van der Waals surface area contributed by atoms with Crippen LogP contribution in [-0.2, 0) is 6.54 Å². The number of piperidine rings is 1. The molecular formula is C26H33N7O. The molecule has 2 amide bonds. The molecule has 0 bridgehead atoms. The van der Waals surface area contributed by atoms with Crippen molar-refractivity contribution in [3.8, 4) is 0 Å². The number of carbonyl (C=O) groups is 1. The van der Waals surface area contributed by atoms with Crippen molar-refractivity contribution in [3.63, 3.8) is 0 Å². The normalized spacial score (nSPS) is 21.8. The van der Waals surface area contributed by atoms with Crippen LogP contribution in [0.15, 0.2) is 73.1 Å². The molecule has 178 valence electrons. The van der Waals surface area contributed by atoms with E-state index in [1.807, 2.05) is 40.1 Å². The van der Waals surface area contributed by atoms with Crippen molar-refractivity contribution in [2.45, 2.75) is 32.2 Å². The van der Waals surface area contributed by atoms with Crippen molar-refractivity contribution in [1.82, 2.24) is 25.0 Å². The van der Waals surface area contributed by atoms with E-state index in [-0.39, 0.29) is 6.03 Å². The fourth-order valence-corrected chi connectivity index (χ4v) is 4.96. The Bertz CT molecular complexity index is 1030. The van der Waals surface area contributed by atoms with Crippen molar-refractivity contribution in [3.05, 3.63) is 73.1 Å². The second-order valence-corrected chi connectivity index (χ2v) is 9.33. The summed E-state index contributed by atoms with van der Waals surface area (Å²) in [6.07, 6.45) is 18.0. The lowest BCUT2D eigenvalue weighted by molar-refractivity contribution is 0.191. The van der Waals surface area contributed by atoms with Gasteiger partial charge in [0.15, 0.2) is 0 Å². The van der Waals surface area contributed by atoms with Gasteiger partial charge in [0.25, 0.3) is 0 Å². The molecule has 3 aliphatic rings. The van der Waals surface area contributed by atoms with Crippen molar-refractivity contribution in [1.29, 1.82) is 0 Å². The number of likely N-dealkylation sites (tertiary alicyclic amines) is 1. The highest BCUT2D eigenvalue weighted by Crippen LogP contribution is 2.27. The van der Waals surface area contributed by atoms with Crippen LogP contribution < -0.4 is 15.5 Å². The zero-order valence-electron chi connectivity index (χ0n) is 19.5. The molecule has 2 fully saturated rings. The van der Waals surface area contributed by atoms with Crippen LogP contribution >= 0.6 is 0 Å². The fourth-order valence-electron chi connectivity index (χ4n) is 4.96. The van der Waals surface area contributed by atoms with Crippen LogP contribution in [0.3, 0.4) is 0 Å². The van der Waals surface area contributed by atoms with Gasteiger partial charge in [0, 0.05) is 56.0 Å². The van der Waals surface area contributed by atoms with E-state index in [0.29, 0.717) is 11.8 Å². The van der Waals surface area contributed by atoms with Gasteiger partial charge in [-0.2, -0.15) is 5.10 Å². The maximum Gasteiger partial charge on any atom is 0.321 e. The Balaban J connectivity index is 1.06. The molecule has 2 aromatic rings. The van der Waals surface area contributed by atoms with E-state index in [9.17, 15) is 4.79 Å². The quantitative estimate of drug-likeness (QED) is 0.683. The number of urea groups is 1. The van der Waals surface area contributed by atoms with Crippen LogP contribution in [0.1, 0.15) is 25.7 Å². The molecule has 8 nitrogen and oxygen atoms in total. The Morgan fingerprint density at radius 1 is 1.12 bits per heavy atom. The van der Waals surface area contributed by atoms with Gasteiger partial charge in [-0.3, -0.25) is 4.68 Å². The third kappa shape index (κ3) is 5.68. The molecule has 2 N–H and O–H groups in total. The van der Waals surface area contributed by atoms with Crippen molar-refractivity contribution >= 4 is 17.4 Å². The van der Waals surface area contributed by atoms with Crippen LogP contribution in [-0.4, -0.2) is 51.9 Å². The third-order valence-electron chi connectivity index (χ3n) is 6.98. The molecule has 1 unspecified atom stereocenters. The summed E-state index contributed by atoms with van der Waals surface area (Å²) < 4.78 is 1.91. The number of rotatable bonds is 6. The van der Waals surface area contributed by atoms with Crippen LogP contribution in [0.2, 0.25) is 0 Å². The van der Waals surface area contributed by atoms with E-state index in [1.54, 1.807) is 12.7 Å². The molecule has 4 heterocycles. The first-order valence-electron chi connectivity index (χ1n) is 12.3. The van der Waals surface area contributed by atoms with E-state index in [1.165, 1.54) is 12.1 Å². The molecule has 8 heteroatoms. The van der Waals surface area contributed by atoms with Gasteiger partial charge in [0.05, 0.1) is 0 Å². The third-order valence-corrected chi connectivity index (χ3v) is 6.98. The van der Waals surface area contributed by atoms with Gasteiger partial charge < -0.3 is 20.4 Å². The smallest absolute Gasteiger partial charge is 0.321 e. The Morgan fingerprint density at radius 3 is 2.71 bits per heavy atom. The molecule has 0 radical (unpaired) electrons. The molecule has 34 heavy (non-hydrogen) atoms. The monoisotopic (exact) mass is 459 g/mol.